The lowest BCUT2D eigenvalue weighted by Crippen LogP contribution is -2.15. The molecule has 2 N–H and O–H groups in total. The molecule has 0 aliphatic carbocycles. The van der Waals surface area contributed by atoms with Crippen LogP contribution in [-0.4, -0.2) is 26.9 Å². The zero-order valence-corrected chi connectivity index (χ0v) is 10.7. The van der Waals surface area contributed by atoms with E-state index in [-0.39, 0.29) is 18.0 Å². The minimum atomic E-state index is -1.22. The van der Waals surface area contributed by atoms with E-state index in [9.17, 15) is 9.59 Å². The number of carbonyl (C=O) groups excluding carboxylic acids is 1. The summed E-state index contributed by atoms with van der Waals surface area (Å²) < 4.78 is 6.30. The fraction of sp³-hybridized carbons (Fsp3) is 0.154. The Morgan fingerprint density at radius 3 is 2.70 bits per heavy atom. The predicted molar refractivity (Wildman–Crippen MR) is 70.4 cm³/mol. The molecule has 0 aliphatic rings. The zero-order chi connectivity index (χ0) is 14.5. The summed E-state index contributed by atoms with van der Waals surface area (Å²) in [5.74, 6) is -1.22. The van der Waals surface area contributed by atoms with Crippen molar-refractivity contribution in [3.8, 4) is 0 Å². The van der Waals surface area contributed by atoms with Crippen LogP contribution >= 0.6 is 0 Å². The van der Waals surface area contributed by atoms with Crippen molar-refractivity contribution in [2.75, 3.05) is 5.32 Å². The third-order valence-electron chi connectivity index (χ3n) is 2.48. The fourth-order valence-corrected chi connectivity index (χ4v) is 1.61. The molecule has 1 aromatic heterocycles. The van der Waals surface area contributed by atoms with Gasteiger partial charge in [0.05, 0.1) is 5.69 Å². The van der Waals surface area contributed by atoms with Crippen LogP contribution in [0.4, 0.5) is 10.5 Å². The van der Waals surface area contributed by atoms with Crippen LogP contribution in [0.5, 0.6) is 0 Å². The van der Waals surface area contributed by atoms with Gasteiger partial charge in [-0.25, -0.2) is 9.59 Å². The first-order chi connectivity index (χ1) is 9.56. The summed E-state index contributed by atoms with van der Waals surface area (Å²) in [6.07, 6.45) is 0.664. The van der Waals surface area contributed by atoms with Crippen molar-refractivity contribution in [1.29, 1.82) is 0 Å². The van der Waals surface area contributed by atoms with E-state index in [1.54, 1.807) is 7.05 Å². The van der Waals surface area contributed by atoms with E-state index in [2.05, 4.69) is 10.4 Å². The number of rotatable bonds is 4. The number of amides is 1. The molecule has 1 heterocycles. The Morgan fingerprint density at radius 1 is 1.35 bits per heavy atom. The first-order valence-electron chi connectivity index (χ1n) is 5.81. The molecule has 0 saturated heterocycles. The topological polar surface area (TPSA) is 93.5 Å². The Morgan fingerprint density at radius 2 is 2.05 bits per heavy atom. The molecule has 7 nitrogen and oxygen atoms in total. The van der Waals surface area contributed by atoms with Gasteiger partial charge in [-0.1, -0.05) is 30.3 Å². The number of aryl methyl sites for hydroxylation is 1. The van der Waals surface area contributed by atoms with Crippen LogP contribution in [0.3, 0.4) is 0 Å². The molecule has 1 aromatic carbocycles. The standard InChI is InChI=1S/C13H13N3O4/c1-16-7-10(11(15-16)12(17)18)14-13(19)20-8-9-5-3-2-4-6-9/h2-7H,8H2,1H3,(H,14,19)(H,17,18). The number of carboxylic acids is 1. The number of anilines is 1. The van der Waals surface area contributed by atoms with Crippen LogP contribution in [0.25, 0.3) is 0 Å². The molecule has 0 bridgehead atoms. The predicted octanol–water partition coefficient (Wildman–Crippen LogP) is 1.87. The Labute approximate surface area is 114 Å². The summed E-state index contributed by atoms with van der Waals surface area (Å²) in [4.78, 5) is 22.5. The Balaban J connectivity index is 1.96. The van der Waals surface area contributed by atoms with Gasteiger partial charge in [0.15, 0.2) is 5.69 Å². The number of benzene rings is 1. The molecule has 2 rings (SSSR count). The highest BCUT2D eigenvalue weighted by Crippen LogP contribution is 2.13. The molecule has 1 amide bonds. The number of ether oxygens (including phenoxy) is 1. The second-order valence-corrected chi connectivity index (χ2v) is 4.06. The number of carbonyl (C=O) groups is 2. The number of carboxylic acid groups (broad SMARTS) is 1. The van der Waals surface area contributed by atoms with Crippen molar-refractivity contribution in [2.45, 2.75) is 6.61 Å². The minimum Gasteiger partial charge on any atom is -0.476 e. The number of nitrogens with one attached hydrogen (secondary N) is 1. The molecular weight excluding hydrogens is 262 g/mol. The summed E-state index contributed by atoms with van der Waals surface area (Å²) in [7, 11) is 1.56. The molecule has 7 heteroatoms. The van der Waals surface area contributed by atoms with Gasteiger partial charge in [-0.3, -0.25) is 10.00 Å². The number of hydrogen-bond acceptors (Lipinski definition) is 4. The first kappa shape index (κ1) is 13.6. The van der Waals surface area contributed by atoms with Gasteiger partial charge < -0.3 is 9.84 Å². The summed E-state index contributed by atoms with van der Waals surface area (Å²) >= 11 is 0. The highest BCUT2D eigenvalue weighted by molar-refractivity contribution is 5.96. The van der Waals surface area contributed by atoms with E-state index in [0.717, 1.165) is 5.56 Å². The monoisotopic (exact) mass is 275 g/mol. The lowest BCUT2D eigenvalue weighted by Gasteiger charge is -2.05. The van der Waals surface area contributed by atoms with E-state index >= 15 is 0 Å². The Kier molecular flexibility index (Phi) is 3.99. The van der Waals surface area contributed by atoms with Crippen molar-refractivity contribution < 1.29 is 19.4 Å². The number of hydrogen-bond donors (Lipinski definition) is 2. The maximum absolute atomic E-state index is 11.6. The molecule has 2 aromatic rings. The first-order valence-corrected chi connectivity index (χ1v) is 5.81. The molecule has 0 radical (unpaired) electrons. The maximum atomic E-state index is 11.6. The van der Waals surface area contributed by atoms with E-state index < -0.39 is 12.1 Å². The van der Waals surface area contributed by atoms with Crippen LogP contribution < -0.4 is 5.32 Å². The third-order valence-corrected chi connectivity index (χ3v) is 2.48. The molecule has 20 heavy (non-hydrogen) atoms. The number of aromatic carboxylic acids is 1. The average molecular weight is 275 g/mol. The van der Waals surface area contributed by atoms with Crippen molar-refractivity contribution in [2.24, 2.45) is 7.05 Å². The highest BCUT2D eigenvalue weighted by atomic mass is 16.5. The van der Waals surface area contributed by atoms with Gasteiger partial charge >= 0.3 is 12.1 Å². The third kappa shape index (κ3) is 3.35. The van der Waals surface area contributed by atoms with E-state index in [1.165, 1.54) is 10.9 Å². The highest BCUT2D eigenvalue weighted by Gasteiger charge is 2.17. The van der Waals surface area contributed by atoms with Crippen molar-refractivity contribution in [1.82, 2.24) is 9.78 Å². The fourth-order valence-electron chi connectivity index (χ4n) is 1.61. The Hall–Kier alpha value is -2.83. The molecule has 104 valence electrons. The average Bonchev–Trinajstić information content (AvgIpc) is 2.79. The summed E-state index contributed by atoms with van der Waals surface area (Å²) in [6, 6.07) is 9.17. The van der Waals surface area contributed by atoms with Crippen molar-refractivity contribution in [3.05, 3.63) is 47.8 Å². The van der Waals surface area contributed by atoms with Crippen LogP contribution in [0, 0.1) is 0 Å². The van der Waals surface area contributed by atoms with Crippen LogP contribution in [0.2, 0.25) is 0 Å². The molecule has 0 spiro atoms. The number of aromatic nitrogens is 2. The van der Waals surface area contributed by atoms with Crippen LogP contribution in [0.1, 0.15) is 16.1 Å². The van der Waals surface area contributed by atoms with Gasteiger partial charge in [0.2, 0.25) is 0 Å². The van der Waals surface area contributed by atoms with E-state index in [4.69, 9.17) is 9.84 Å². The van der Waals surface area contributed by atoms with Crippen LogP contribution in [-0.2, 0) is 18.4 Å². The molecule has 0 atom stereocenters. The lowest BCUT2D eigenvalue weighted by atomic mass is 10.2. The van der Waals surface area contributed by atoms with Crippen molar-refractivity contribution in [3.63, 3.8) is 0 Å². The van der Waals surface area contributed by atoms with Crippen molar-refractivity contribution >= 4 is 17.7 Å². The summed E-state index contributed by atoms with van der Waals surface area (Å²) in [6.45, 7) is 0.106. The molecule has 0 fully saturated rings. The second-order valence-electron chi connectivity index (χ2n) is 4.06. The van der Waals surface area contributed by atoms with E-state index in [0.29, 0.717) is 0 Å². The van der Waals surface area contributed by atoms with E-state index in [1.807, 2.05) is 30.3 Å². The van der Waals surface area contributed by atoms with Gasteiger partial charge in [0.25, 0.3) is 0 Å². The largest absolute Gasteiger partial charge is 0.476 e. The SMILES string of the molecule is Cn1cc(NC(=O)OCc2ccccc2)c(C(=O)O)n1. The second kappa shape index (κ2) is 5.87. The summed E-state index contributed by atoms with van der Waals surface area (Å²) in [5, 5.41) is 15.0. The lowest BCUT2D eigenvalue weighted by molar-refractivity contribution is 0.0690. The summed E-state index contributed by atoms with van der Waals surface area (Å²) in [5.41, 5.74) is 0.703. The number of nitrogens with zero attached hydrogens (tertiary/aromatic N) is 2. The van der Waals surface area contributed by atoms with Gasteiger partial charge in [-0.05, 0) is 5.56 Å². The Bertz CT molecular complexity index is 622. The quantitative estimate of drug-likeness (QED) is 0.888. The maximum Gasteiger partial charge on any atom is 0.412 e. The normalized spacial score (nSPS) is 10.1. The molecule has 0 unspecified atom stereocenters. The minimum absolute atomic E-state index is 0.0954. The van der Waals surface area contributed by atoms with Gasteiger partial charge in [0, 0.05) is 13.2 Å². The van der Waals surface area contributed by atoms with Gasteiger partial charge in [0.1, 0.15) is 6.61 Å². The zero-order valence-electron chi connectivity index (χ0n) is 10.7. The van der Waals surface area contributed by atoms with Crippen LogP contribution in [0.15, 0.2) is 36.5 Å². The van der Waals surface area contributed by atoms with Gasteiger partial charge in [-0.15, -0.1) is 0 Å². The smallest absolute Gasteiger partial charge is 0.412 e. The molecule has 0 aliphatic heterocycles. The molecular formula is C13H13N3O4. The molecule has 0 saturated carbocycles. The van der Waals surface area contributed by atoms with Gasteiger partial charge in [-0.2, -0.15) is 5.10 Å².